The third-order valence-corrected chi connectivity index (χ3v) is 4.26. The van der Waals surface area contributed by atoms with Crippen LogP contribution in [0.1, 0.15) is 0 Å². The van der Waals surface area contributed by atoms with Gasteiger partial charge in [0.25, 0.3) is 0 Å². The highest BCUT2D eigenvalue weighted by Crippen LogP contribution is 2.27. The fourth-order valence-electron chi connectivity index (χ4n) is 2.95. The van der Waals surface area contributed by atoms with Crippen LogP contribution in [-0.4, -0.2) is 19.1 Å². The maximum atomic E-state index is 4.93. The van der Waals surface area contributed by atoms with Crippen molar-refractivity contribution in [3.63, 3.8) is 0 Å². The molecule has 0 radical (unpaired) electrons. The molecule has 0 saturated carbocycles. The third-order valence-electron chi connectivity index (χ3n) is 4.26. The summed E-state index contributed by atoms with van der Waals surface area (Å²) in [6, 6.07) is 25.5. The molecule has 0 amide bonds. The van der Waals surface area contributed by atoms with Crippen LogP contribution in [-0.2, 0) is 0 Å². The lowest BCUT2D eigenvalue weighted by Crippen LogP contribution is -2.07. The molecule has 3 aromatic carbocycles. The predicted molar refractivity (Wildman–Crippen MR) is 99.0 cm³/mol. The Kier molecular flexibility index (Phi) is 3.23. The minimum absolute atomic E-state index is 1.01. The summed E-state index contributed by atoms with van der Waals surface area (Å²) in [5.41, 5.74) is 4.42. The smallest absolute Gasteiger partial charge is 0.0787 e. The minimum atomic E-state index is 1.01. The maximum absolute atomic E-state index is 4.93. The quantitative estimate of drug-likeness (QED) is 0.477. The summed E-state index contributed by atoms with van der Waals surface area (Å²) >= 11 is 0. The van der Waals surface area contributed by atoms with Gasteiger partial charge in [0.05, 0.1) is 11.2 Å². The van der Waals surface area contributed by atoms with Crippen molar-refractivity contribution >= 4 is 27.4 Å². The molecule has 1 aromatic heterocycles. The number of nitrogens with zero attached hydrogens (tertiary/aromatic N) is 2. The molecule has 4 rings (SSSR count). The average Bonchev–Trinajstić information content (AvgIpc) is 2.61. The molecule has 0 saturated heterocycles. The first kappa shape index (κ1) is 13.8. The van der Waals surface area contributed by atoms with Crippen LogP contribution in [0.15, 0.2) is 72.8 Å². The van der Waals surface area contributed by atoms with Gasteiger partial charge in [-0.1, -0.05) is 54.6 Å². The third kappa shape index (κ3) is 2.42. The summed E-state index contributed by atoms with van der Waals surface area (Å²) in [6.45, 7) is 0. The zero-order valence-electron chi connectivity index (χ0n) is 13.3. The van der Waals surface area contributed by atoms with Crippen LogP contribution >= 0.6 is 0 Å². The summed E-state index contributed by atoms with van der Waals surface area (Å²) in [6.07, 6.45) is 0. The Labute approximate surface area is 136 Å². The van der Waals surface area contributed by atoms with E-state index in [1.807, 2.05) is 0 Å². The minimum Gasteiger partial charge on any atom is -0.378 e. The van der Waals surface area contributed by atoms with E-state index in [0.717, 1.165) is 16.8 Å². The van der Waals surface area contributed by atoms with Crippen LogP contribution in [0.25, 0.3) is 32.9 Å². The lowest BCUT2D eigenvalue weighted by molar-refractivity contribution is 1.13. The second kappa shape index (κ2) is 5.40. The Morgan fingerprint density at radius 2 is 1.39 bits per heavy atom. The van der Waals surface area contributed by atoms with Crippen LogP contribution in [0, 0.1) is 0 Å². The highest BCUT2D eigenvalue weighted by atomic mass is 15.1. The van der Waals surface area contributed by atoms with Crippen LogP contribution in [0.4, 0.5) is 5.69 Å². The molecule has 23 heavy (non-hydrogen) atoms. The van der Waals surface area contributed by atoms with Gasteiger partial charge < -0.3 is 4.90 Å². The Balaban J connectivity index is 1.89. The maximum Gasteiger partial charge on any atom is 0.0787 e. The molecular formula is C21H18N2. The van der Waals surface area contributed by atoms with Gasteiger partial charge in [-0.3, -0.25) is 0 Å². The molecule has 112 valence electrons. The zero-order chi connectivity index (χ0) is 15.8. The van der Waals surface area contributed by atoms with E-state index in [1.54, 1.807) is 0 Å². The van der Waals surface area contributed by atoms with Gasteiger partial charge in [0.1, 0.15) is 0 Å². The number of anilines is 1. The van der Waals surface area contributed by atoms with Crippen molar-refractivity contribution in [1.29, 1.82) is 0 Å². The van der Waals surface area contributed by atoms with Crippen LogP contribution in [0.3, 0.4) is 0 Å². The Morgan fingerprint density at radius 3 is 2.17 bits per heavy atom. The molecule has 0 unspecified atom stereocenters. The molecule has 0 aliphatic carbocycles. The molecule has 0 aliphatic heterocycles. The molecule has 2 nitrogen and oxygen atoms in total. The van der Waals surface area contributed by atoms with E-state index in [1.165, 1.54) is 21.8 Å². The lowest BCUT2D eigenvalue weighted by Gasteiger charge is -2.12. The molecule has 1 heterocycles. The fourth-order valence-corrected chi connectivity index (χ4v) is 2.95. The summed E-state index contributed by atoms with van der Waals surface area (Å²) in [7, 11) is 4.10. The van der Waals surface area contributed by atoms with Crippen LogP contribution in [0.2, 0.25) is 0 Å². The molecule has 0 bridgehead atoms. The van der Waals surface area contributed by atoms with Gasteiger partial charge in [-0.25, -0.2) is 4.98 Å². The van der Waals surface area contributed by atoms with Gasteiger partial charge in [0.15, 0.2) is 0 Å². The van der Waals surface area contributed by atoms with E-state index in [9.17, 15) is 0 Å². The van der Waals surface area contributed by atoms with Gasteiger partial charge in [-0.15, -0.1) is 0 Å². The molecule has 2 heteroatoms. The molecular weight excluding hydrogens is 280 g/mol. The summed E-state index contributed by atoms with van der Waals surface area (Å²) in [5.74, 6) is 0. The summed E-state index contributed by atoms with van der Waals surface area (Å²) in [5, 5.41) is 3.61. The SMILES string of the molecule is CN(C)c1ccc(-c2ccc3ccc4ccccc4c3n2)cc1. The first-order valence-corrected chi connectivity index (χ1v) is 7.79. The summed E-state index contributed by atoms with van der Waals surface area (Å²) < 4.78 is 0. The summed E-state index contributed by atoms with van der Waals surface area (Å²) in [4.78, 5) is 7.04. The zero-order valence-corrected chi connectivity index (χ0v) is 13.3. The molecule has 4 aromatic rings. The highest BCUT2D eigenvalue weighted by Gasteiger charge is 2.05. The lowest BCUT2D eigenvalue weighted by atomic mass is 10.0. The molecule has 0 atom stereocenters. The Morgan fingerprint density at radius 1 is 0.696 bits per heavy atom. The number of fused-ring (bicyclic) bond motifs is 3. The van der Waals surface area contributed by atoms with Crippen molar-refractivity contribution in [1.82, 2.24) is 4.98 Å². The number of hydrogen-bond acceptors (Lipinski definition) is 2. The topological polar surface area (TPSA) is 16.1 Å². The number of rotatable bonds is 2. The highest BCUT2D eigenvalue weighted by molar-refractivity contribution is 6.05. The molecule has 0 N–H and O–H groups in total. The van der Waals surface area contributed by atoms with Gasteiger partial charge >= 0.3 is 0 Å². The first-order valence-electron chi connectivity index (χ1n) is 7.79. The molecule has 0 fully saturated rings. The largest absolute Gasteiger partial charge is 0.378 e. The fraction of sp³-hybridized carbons (Fsp3) is 0.0952. The van der Waals surface area contributed by atoms with E-state index >= 15 is 0 Å². The average molecular weight is 298 g/mol. The molecule has 0 spiro atoms. The van der Waals surface area contributed by atoms with E-state index in [4.69, 9.17) is 4.98 Å². The van der Waals surface area contributed by atoms with Gasteiger partial charge in [0.2, 0.25) is 0 Å². The predicted octanol–water partition coefficient (Wildman–Crippen LogP) is 5.12. The standard InChI is InChI=1S/C21H18N2/c1-23(2)18-12-9-16(10-13-18)20-14-11-17-8-7-15-5-3-4-6-19(15)21(17)22-20/h3-14H,1-2H3. The monoisotopic (exact) mass is 298 g/mol. The number of aromatic nitrogens is 1. The van der Waals surface area contributed by atoms with E-state index < -0.39 is 0 Å². The van der Waals surface area contributed by atoms with Gasteiger partial charge in [0, 0.05) is 36.1 Å². The second-order valence-corrected chi connectivity index (χ2v) is 6.00. The van der Waals surface area contributed by atoms with E-state index in [0.29, 0.717) is 0 Å². The van der Waals surface area contributed by atoms with Crippen LogP contribution < -0.4 is 4.90 Å². The van der Waals surface area contributed by atoms with Crippen molar-refractivity contribution < 1.29 is 0 Å². The second-order valence-electron chi connectivity index (χ2n) is 6.00. The van der Waals surface area contributed by atoms with Crippen molar-refractivity contribution in [2.24, 2.45) is 0 Å². The van der Waals surface area contributed by atoms with E-state index in [-0.39, 0.29) is 0 Å². The number of benzene rings is 3. The van der Waals surface area contributed by atoms with Crippen molar-refractivity contribution in [3.8, 4) is 11.3 Å². The number of hydrogen-bond donors (Lipinski definition) is 0. The molecule has 0 aliphatic rings. The van der Waals surface area contributed by atoms with Crippen molar-refractivity contribution in [2.75, 3.05) is 19.0 Å². The van der Waals surface area contributed by atoms with Gasteiger partial charge in [-0.2, -0.15) is 0 Å². The van der Waals surface area contributed by atoms with E-state index in [2.05, 4.69) is 91.8 Å². The van der Waals surface area contributed by atoms with Crippen LogP contribution in [0.5, 0.6) is 0 Å². The Hall–Kier alpha value is -2.87. The van der Waals surface area contributed by atoms with Crippen molar-refractivity contribution in [2.45, 2.75) is 0 Å². The van der Waals surface area contributed by atoms with Gasteiger partial charge in [-0.05, 0) is 23.6 Å². The van der Waals surface area contributed by atoms with Crippen molar-refractivity contribution in [3.05, 3.63) is 72.8 Å². The number of pyridine rings is 1. The normalized spacial score (nSPS) is 11.0. The Bertz CT molecular complexity index is 985. The first-order chi connectivity index (χ1) is 11.2.